The quantitative estimate of drug-likeness (QED) is 0.441. The van der Waals surface area contributed by atoms with Gasteiger partial charge in [0.05, 0.1) is 16.6 Å². The van der Waals surface area contributed by atoms with Crippen molar-refractivity contribution in [3.8, 4) is 5.69 Å². The van der Waals surface area contributed by atoms with E-state index < -0.39 is 0 Å². The molecule has 0 saturated heterocycles. The lowest BCUT2D eigenvalue weighted by atomic mass is 10.1. The number of nitrogens with two attached hydrogens (primary N) is 1. The van der Waals surface area contributed by atoms with Crippen LogP contribution in [0.25, 0.3) is 27.4 Å². The van der Waals surface area contributed by atoms with Crippen LogP contribution >= 0.6 is 0 Å². The fourth-order valence-corrected chi connectivity index (χ4v) is 2.86. The van der Waals surface area contributed by atoms with E-state index in [1.54, 1.807) is 12.1 Å². The summed E-state index contributed by atoms with van der Waals surface area (Å²) in [5.41, 5.74) is 3.75. The van der Waals surface area contributed by atoms with Crippen molar-refractivity contribution in [3.05, 3.63) is 77.1 Å². The Bertz CT molecular complexity index is 1080. The molecule has 0 aliphatic carbocycles. The summed E-state index contributed by atoms with van der Waals surface area (Å²) in [4.78, 5) is 17.4. The minimum Gasteiger partial charge on any atom is -0.293 e. The maximum atomic E-state index is 13.0. The summed E-state index contributed by atoms with van der Waals surface area (Å²) < 4.78 is 1.52. The molecule has 3 N–H and O–H groups in total. The number of rotatable bonds is 2. The Hall–Kier alpha value is -3.18. The molecule has 112 valence electrons. The van der Waals surface area contributed by atoms with Gasteiger partial charge < -0.3 is 0 Å². The molecule has 0 radical (unpaired) electrons. The Labute approximate surface area is 132 Å². The SMILES string of the molecule is NNc1nc2ccccc2c(=O)n1-c1cccc2ccccc12. The molecule has 1 aromatic heterocycles. The Kier molecular flexibility index (Phi) is 3.06. The van der Waals surface area contributed by atoms with E-state index in [0.29, 0.717) is 16.9 Å². The van der Waals surface area contributed by atoms with Crippen LogP contribution in [-0.4, -0.2) is 9.55 Å². The monoisotopic (exact) mass is 302 g/mol. The third-order valence-corrected chi connectivity index (χ3v) is 3.91. The van der Waals surface area contributed by atoms with Crippen LogP contribution in [0, 0.1) is 0 Å². The van der Waals surface area contributed by atoms with Gasteiger partial charge in [-0.3, -0.25) is 10.2 Å². The zero-order valence-electron chi connectivity index (χ0n) is 12.2. The van der Waals surface area contributed by atoms with Gasteiger partial charge in [-0.2, -0.15) is 0 Å². The highest BCUT2D eigenvalue weighted by Gasteiger charge is 2.13. The number of anilines is 1. The van der Waals surface area contributed by atoms with Gasteiger partial charge in [0.2, 0.25) is 5.95 Å². The largest absolute Gasteiger partial charge is 0.293 e. The zero-order valence-corrected chi connectivity index (χ0v) is 12.2. The Morgan fingerprint density at radius 2 is 1.57 bits per heavy atom. The molecule has 3 aromatic carbocycles. The molecule has 0 atom stereocenters. The van der Waals surface area contributed by atoms with Gasteiger partial charge in [0.15, 0.2) is 0 Å². The van der Waals surface area contributed by atoms with Crippen LogP contribution in [0.3, 0.4) is 0 Å². The number of hydrogen-bond donors (Lipinski definition) is 2. The topological polar surface area (TPSA) is 72.9 Å². The number of fused-ring (bicyclic) bond motifs is 2. The van der Waals surface area contributed by atoms with Crippen LogP contribution in [-0.2, 0) is 0 Å². The highest BCUT2D eigenvalue weighted by molar-refractivity contribution is 5.91. The molecular formula is C18H14N4O. The fraction of sp³-hybridized carbons (Fsp3) is 0. The van der Waals surface area contributed by atoms with E-state index in [2.05, 4.69) is 10.4 Å². The molecule has 0 aliphatic rings. The second kappa shape index (κ2) is 5.23. The molecule has 1 heterocycles. The van der Waals surface area contributed by atoms with E-state index in [1.165, 1.54) is 4.57 Å². The van der Waals surface area contributed by atoms with Gasteiger partial charge in [-0.1, -0.05) is 48.5 Å². The minimum atomic E-state index is -0.153. The van der Waals surface area contributed by atoms with Crippen LogP contribution in [0.1, 0.15) is 0 Å². The van der Waals surface area contributed by atoms with E-state index in [4.69, 9.17) is 5.84 Å². The van der Waals surface area contributed by atoms with E-state index in [-0.39, 0.29) is 5.56 Å². The normalized spacial score (nSPS) is 11.0. The number of aromatic nitrogens is 2. The highest BCUT2D eigenvalue weighted by atomic mass is 16.1. The second-order valence-electron chi connectivity index (χ2n) is 5.24. The number of nitrogens with one attached hydrogen (secondary N) is 1. The van der Waals surface area contributed by atoms with E-state index in [0.717, 1.165) is 16.5 Å². The number of hydrazine groups is 1. The number of nitrogens with zero attached hydrogens (tertiary/aromatic N) is 2. The molecule has 0 aliphatic heterocycles. The summed E-state index contributed by atoms with van der Waals surface area (Å²) in [5.74, 6) is 5.93. The maximum Gasteiger partial charge on any atom is 0.267 e. The standard InChI is InChI=1S/C18H14N4O/c19-21-18-20-15-10-4-3-9-14(15)17(23)22(18)16-11-5-7-12-6-1-2-8-13(12)16/h1-11H,19H2,(H,20,21). The van der Waals surface area contributed by atoms with E-state index in [1.807, 2.05) is 54.6 Å². The van der Waals surface area contributed by atoms with Crippen molar-refractivity contribution in [2.75, 3.05) is 5.43 Å². The first-order valence-electron chi connectivity index (χ1n) is 7.26. The molecule has 4 aromatic rings. The summed E-state index contributed by atoms with van der Waals surface area (Å²) in [6, 6.07) is 21.0. The second-order valence-corrected chi connectivity index (χ2v) is 5.24. The first kappa shape index (κ1) is 13.5. The molecule has 0 saturated carbocycles. The van der Waals surface area contributed by atoms with Gasteiger partial charge in [0, 0.05) is 5.39 Å². The highest BCUT2D eigenvalue weighted by Crippen LogP contribution is 2.24. The first-order valence-corrected chi connectivity index (χ1v) is 7.26. The lowest BCUT2D eigenvalue weighted by Crippen LogP contribution is -2.26. The third-order valence-electron chi connectivity index (χ3n) is 3.91. The number of benzene rings is 3. The van der Waals surface area contributed by atoms with Gasteiger partial charge in [-0.15, -0.1) is 0 Å². The molecule has 0 bridgehead atoms. The van der Waals surface area contributed by atoms with Crippen molar-refractivity contribution in [2.45, 2.75) is 0 Å². The number of nitrogen functional groups attached to an aromatic ring is 1. The predicted molar refractivity (Wildman–Crippen MR) is 92.7 cm³/mol. The molecule has 0 amide bonds. The van der Waals surface area contributed by atoms with Crippen molar-refractivity contribution in [1.29, 1.82) is 0 Å². The van der Waals surface area contributed by atoms with Crippen LogP contribution in [0.15, 0.2) is 71.5 Å². The molecule has 23 heavy (non-hydrogen) atoms. The maximum absolute atomic E-state index is 13.0. The smallest absolute Gasteiger partial charge is 0.267 e. The zero-order chi connectivity index (χ0) is 15.8. The Balaban J connectivity index is 2.16. The van der Waals surface area contributed by atoms with Gasteiger partial charge in [-0.05, 0) is 23.6 Å². The average Bonchev–Trinajstić information content (AvgIpc) is 2.61. The van der Waals surface area contributed by atoms with E-state index in [9.17, 15) is 4.79 Å². The molecule has 0 fully saturated rings. The van der Waals surface area contributed by atoms with Crippen molar-refractivity contribution in [1.82, 2.24) is 9.55 Å². The molecular weight excluding hydrogens is 288 g/mol. The summed E-state index contributed by atoms with van der Waals surface area (Å²) in [7, 11) is 0. The van der Waals surface area contributed by atoms with E-state index >= 15 is 0 Å². The average molecular weight is 302 g/mol. The third kappa shape index (κ3) is 2.06. The fourth-order valence-electron chi connectivity index (χ4n) is 2.86. The number of hydrogen-bond acceptors (Lipinski definition) is 4. The molecule has 0 unspecified atom stereocenters. The van der Waals surface area contributed by atoms with Crippen molar-refractivity contribution >= 4 is 27.6 Å². The summed E-state index contributed by atoms with van der Waals surface area (Å²) in [6.45, 7) is 0. The minimum absolute atomic E-state index is 0.153. The number of para-hydroxylation sites is 1. The lowest BCUT2D eigenvalue weighted by Gasteiger charge is -2.14. The molecule has 5 heteroatoms. The Morgan fingerprint density at radius 1 is 0.870 bits per heavy atom. The van der Waals surface area contributed by atoms with Crippen molar-refractivity contribution in [3.63, 3.8) is 0 Å². The van der Waals surface area contributed by atoms with Crippen LogP contribution < -0.4 is 16.8 Å². The van der Waals surface area contributed by atoms with Crippen LogP contribution in [0.2, 0.25) is 0 Å². The predicted octanol–water partition coefficient (Wildman–Crippen LogP) is 2.82. The first-order chi connectivity index (χ1) is 11.3. The van der Waals surface area contributed by atoms with Gasteiger partial charge in [0.25, 0.3) is 5.56 Å². The van der Waals surface area contributed by atoms with Crippen molar-refractivity contribution in [2.24, 2.45) is 5.84 Å². The molecule has 4 rings (SSSR count). The van der Waals surface area contributed by atoms with Gasteiger partial charge in [-0.25, -0.2) is 15.4 Å². The summed E-state index contributed by atoms with van der Waals surface area (Å²) in [6.07, 6.45) is 0. The summed E-state index contributed by atoms with van der Waals surface area (Å²) >= 11 is 0. The van der Waals surface area contributed by atoms with Crippen LogP contribution in [0.5, 0.6) is 0 Å². The lowest BCUT2D eigenvalue weighted by molar-refractivity contribution is 0.963. The molecule has 0 spiro atoms. The summed E-state index contributed by atoms with van der Waals surface area (Å²) in [5, 5.41) is 2.57. The van der Waals surface area contributed by atoms with Crippen LogP contribution in [0.4, 0.5) is 5.95 Å². The van der Waals surface area contributed by atoms with Gasteiger partial charge >= 0.3 is 0 Å². The Morgan fingerprint density at radius 3 is 2.39 bits per heavy atom. The van der Waals surface area contributed by atoms with Gasteiger partial charge in [0.1, 0.15) is 0 Å². The van der Waals surface area contributed by atoms with Crippen molar-refractivity contribution < 1.29 is 0 Å². The molecule has 5 nitrogen and oxygen atoms in total.